The van der Waals surface area contributed by atoms with Crippen molar-refractivity contribution < 1.29 is 9.90 Å². The molecule has 0 unspecified atom stereocenters. The third-order valence-electron chi connectivity index (χ3n) is 2.50. The predicted molar refractivity (Wildman–Crippen MR) is 69.8 cm³/mol. The number of benzene rings is 1. The SMILES string of the molecule is CCNCCCNc1cc(C)ccc1C(=O)O. The molecule has 0 aliphatic carbocycles. The molecule has 0 fully saturated rings. The van der Waals surface area contributed by atoms with Crippen LogP contribution in [0.2, 0.25) is 0 Å². The Bertz CT molecular complexity index is 378. The maximum absolute atomic E-state index is 11.0. The van der Waals surface area contributed by atoms with Crippen molar-refractivity contribution in [3.63, 3.8) is 0 Å². The van der Waals surface area contributed by atoms with Crippen LogP contribution in [0.1, 0.15) is 29.3 Å². The second-order valence-corrected chi connectivity index (χ2v) is 3.99. The molecule has 4 nitrogen and oxygen atoms in total. The number of carboxylic acid groups (broad SMARTS) is 1. The van der Waals surface area contributed by atoms with Crippen LogP contribution in [-0.4, -0.2) is 30.7 Å². The standard InChI is InChI=1S/C13H20N2O2/c1-3-14-7-4-8-15-12-9-10(2)5-6-11(12)13(16)17/h5-6,9,14-15H,3-4,7-8H2,1-2H3,(H,16,17). The van der Waals surface area contributed by atoms with Crippen LogP contribution >= 0.6 is 0 Å². The number of aryl methyl sites for hydroxylation is 1. The van der Waals surface area contributed by atoms with E-state index in [-0.39, 0.29) is 0 Å². The average Bonchev–Trinajstić information content (AvgIpc) is 2.28. The lowest BCUT2D eigenvalue weighted by Gasteiger charge is -2.10. The number of carboxylic acids is 1. The topological polar surface area (TPSA) is 61.4 Å². The van der Waals surface area contributed by atoms with E-state index in [4.69, 9.17) is 5.11 Å². The summed E-state index contributed by atoms with van der Waals surface area (Å²) in [6, 6.07) is 5.33. The van der Waals surface area contributed by atoms with Gasteiger partial charge in [-0.15, -0.1) is 0 Å². The summed E-state index contributed by atoms with van der Waals surface area (Å²) < 4.78 is 0. The molecule has 0 saturated carbocycles. The molecule has 1 aromatic rings. The minimum absolute atomic E-state index is 0.332. The molecule has 1 rings (SSSR count). The zero-order valence-electron chi connectivity index (χ0n) is 10.4. The Labute approximate surface area is 102 Å². The highest BCUT2D eigenvalue weighted by Gasteiger charge is 2.08. The van der Waals surface area contributed by atoms with Gasteiger partial charge in [-0.1, -0.05) is 13.0 Å². The van der Waals surface area contributed by atoms with Crippen molar-refractivity contribution in [3.8, 4) is 0 Å². The van der Waals surface area contributed by atoms with E-state index in [1.165, 1.54) is 0 Å². The Morgan fingerprint density at radius 2 is 2.12 bits per heavy atom. The van der Waals surface area contributed by atoms with Gasteiger partial charge in [0.25, 0.3) is 0 Å². The van der Waals surface area contributed by atoms with Crippen molar-refractivity contribution in [2.45, 2.75) is 20.3 Å². The van der Waals surface area contributed by atoms with Gasteiger partial charge in [0, 0.05) is 12.2 Å². The van der Waals surface area contributed by atoms with Gasteiger partial charge in [0.15, 0.2) is 0 Å². The van der Waals surface area contributed by atoms with Crippen molar-refractivity contribution in [1.82, 2.24) is 5.32 Å². The van der Waals surface area contributed by atoms with Crippen LogP contribution in [0.25, 0.3) is 0 Å². The van der Waals surface area contributed by atoms with Gasteiger partial charge in [-0.3, -0.25) is 0 Å². The van der Waals surface area contributed by atoms with Crippen molar-refractivity contribution in [1.29, 1.82) is 0 Å². The molecule has 0 bridgehead atoms. The van der Waals surface area contributed by atoms with E-state index in [0.29, 0.717) is 11.3 Å². The number of hydrogen-bond donors (Lipinski definition) is 3. The quantitative estimate of drug-likeness (QED) is 0.634. The molecule has 4 heteroatoms. The lowest BCUT2D eigenvalue weighted by atomic mass is 10.1. The zero-order chi connectivity index (χ0) is 12.7. The highest BCUT2D eigenvalue weighted by atomic mass is 16.4. The predicted octanol–water partition coefficient (Wildman–Crippen LogP) is 2.10. The van der Waals surface area contributed by atoms with E-state index in [1.807, 2.05) is 19.1 Å². The molecule has 17 heavy (non-hydrogen) atoms. The fourth-order valence-corrected chi connectivity index (χ4v) is 1.60. The number of rotatable bonds is 7. The molecular weight excluding hydrogens is 216 g/mol. The second-order valence-electron chi connectivity index (χ2n) is 3.99. The van der Waals surface area contributed by atoms with E-state index in [1.54, 1.807) is 6.07 Å². The van der Waals surface area contributed by atoms with Crippen LogP contribution in [0.4, 0.5) is 5.69 Å². The summed E-state index contributed by atoms with van der Waals surface area (Å²) in [7, 11) is 0. The highest BCUT2D eigenvalue weighted by molar-refractivity contribution is 5.94. The first-order valence-electron chi connectivity index (χ1n) is 5.93. The summed E-state index contributed by atoms with van der Waals surface area (Å²) in [5.41, 5.74) is 2.09. The molecule has 0 saturated heterocycles. The fourth-order valence-electron chi connectivity index (χ4n) is 1.60. The van der Waals surface area contributed by atoms with Gasteiger partial charge in [0.2, 0.25) is 0 Å². The normalized spacial score (nSPS) is 10.2. The molecule has 1 aromatic carbocycles. The molecule has 0 heterocycles. The van der Waals surface area contributed by atoms with Crippen molar-refractivity contribution in [3.05, 3.63) is 29.3 Å². The molecule has 94 valence electrons. The number of anilines is 1. The smallest absolute Gasteiger partial charge is 0.337 e. The summed E-state index contributed by atoms with van der Waals surface area (Å²) in [4.78, 5) is 11.0. The maximum Gasteiger partial charge on any atom is 0.337 e. The summed E-state index contributed by atoms with van der Waals surface area (Å²) >= 11 is 0. The third-order valence-corrected chi connectivity index (χ3v) is 2.50. The van der Waals surface area contributed by atoms with E-state index >= 15 is 0 Å². The van der Waals surface area contributed by atoms with Crippen LogP contribution in [-0.2, 0) is 0 Å². The van der Waals surface area contributed by atoms with Gasteiger partial charge in [-0.2, -0.15) is 0 Å². The summed E-state index contributed by atoms with van der Waals surface area (Å²) in [6.45, 7) is 6.70. The number of carbonyl (C=O) groups is 1. The Kier molecular flexibility index (Phi) is 5.49. The van der Waals surface area contributed by atoms with E-state index in [0.717, 1.165) is 31.6 Å². The summed E-state index contributed by atoms with van der Waals surface area (Å²) in [5, 5.41) is 15.4. The Morgan fingerprint density at radius 3 is 2.76 bits per heavy atom. The van der Waals surface area contributed by atoms with Crippen LogP contribution in [0, 0.1) is 6.92 Å². The minimum Gasteiger partial charge on any atom is -0.478 e. The van der Waals surface area contributed by atoms with E-state index in [2.05, 4.69) is 17.6 Å². The van der Waals surface area contributed by atoms with Crippen molar-refractivity contribution in [2.75, 3.05) is 25.0 Å². The Balaban J connectivity index is 2.56. The zero-order valence-corrected chi connectivity index (χ0v) is 10.4. The molecular formula is C13H20N2O2. The monoisotopic (exact) mass is 236 g/mol. The summed E-state index contributed by atoms with van der Waals surface area (Å²) in [5.74, 6) is -0.890. The molecule has 0 radical (unpaired) electrons. The van der Waals surface area contributed by atoms with Gasteiger partial charge in [0.05, 0.1) is 5.56 Å². The molecule has 0 amide bonds. The van der Waals surface area contributed by atoms with Gasteiger partial charge in [0.1, 0.15) is 0 Å². The van der Waals surface area contributed by atoms with E-state index < -0.39 is 5.97 Å². The van der Waals surface area contributed by atoms with Crippen molar-refractivity contribution >= 4 is 11.7 Å². The summed E-state index contributed by atoms with van der Waals surface area (Å²) in [6.07, 6.45) is 0.973. The van der Waals surface area contributed by atoms with Crippen molar-refractivity contribution in [2.24, 2.45) is 0 Å². The van der Waals surface area contributed by atoms with E-state index in [9.17, 15) is 4.79 Å². The lowest BCUT2D eigenvalue weighted by molar-refractivity contribution is 0.0698. The molecule has 0 spiro atoms. The first-order valence-corrected chi connectivity index (χ1v) is 5.93. The highest BCUT2D eigenvalue weighted by Crippen LogP contribution is 2.17. The van der Waals surface area contributed by atoms with Crippen LogP contribution in [0.5, 0.6) is 0 Å². The Hall–Kier alpha value is -1.55. The van der Waals surface area contributed by atoms with Crippen LogP contribution in [0.15, 0.2) is 18.2 Å². The molecule has 0 aliphatic rings. The number of hydrogen-bond acceptors (Lipinski definition) is 3. The molecule has 0 atom stereocenters. The minimum atomic E-state index is -0.890. The van der Waals surface area contributed by atoms with Crippen LogP contribution in [0.3, 0.4) is 0 Å². The van der Waals surface area contributed by atoms with Gasteiger partial charge >= 0.3 is 5.97 Å². The van der Waals surface area contributed by atoms with Crippen LogP contribution < -0.4 is 10.6 Å². The first-order chi connectivity index (χ1) is 8.15. The second kappa shape index (κ2) is 6.91. The number of aromatic carboxylic acids is 1. The molecule has 3 N–H and O–H groups in total. The van der Waals surface area contributed by atoms with Gasteiger partial charge in [-0.05, 0) is 44.1 Å². The number of nitrogens with one attached hydrogen (secondary N) is 2. The molecule has 0 aliphatic heterocycles. The van der Waals surface area contributed by atoms with Gasteiger partial charge < -0.3 is 15.7 Å². The Morgan fingerprint density at radius 1 is 1.35 bits per heavy atom. The third kappa shape index (κ3) is 4.44. The van der Waals surface area contributed by atoms with Gasteiger partial charge in [-0.25, -0.2) is 4.79 Å². The first kappa shape index (κ1) is 13.5. The average molecular weight is 236 g/mol. The molecule has 0 aromatic heterocycles. The fraction of sp³-hybridized carbons (Fsp3) is 0.462. The maximum atomic E-state index is 11.0. The largest absolute Gasteiger partial charge is 0.478 e. The lowest BCUT2D eigenvalue weighted by Crippen LogP contribution is -2.17.